The summed E-state index contributed by atoms with van der Waals surface area (Å²) in [6.45, 7) is 16.4. The van der Waals surface area contributed by atoms with E-state index in [2.05, 4.69) is 49.9 Å². The molecular weight excluding hydrogens is 262 g/mol. The van der Waals surface area contributed by atoms with E-state index in [1.807, 2.05) is 13.8 Å². The van der Waals surface area contributed by atoms with Crippen molar-refractivity contribution in [1.29, 1.82) is 0 Å². The summed E-state index contributed by atoms with van der Waals surface area (Å²) in [4.78, 5) is 9.25. The van der Waals surface area contributed by atoms with Gasteiger partial charge in [-0.25, -0.2) is 9.97 Å². The standard InChI is InChI=1S/C17H31N3O/c1-8-21-14(4)16-19-12(2)15(13(3)20-16)10-9-11-18-17(5,6)7/h14,18H,8-11H2,1-7H3. The highest BCUT2D eigenvalue weighted by Crippen LogP contribution is 2.18. The van der Waals surface area contributed by atoms with E-state index in [1.165, 1.54) is 5.56 Å². The average molecular weight is 293 g/mol. The van der Waals surface area contributed by atoms with Gasteiger partial charge in [0.2, 0.25) is 0 Å². The lowest BCUT2D eigenvalue weighted by Crippen LogP contribution is -2.36. The second-order valence-electron chi connectivity index (χ2n) is 6.61. The van der Waals surface area contributed by atoms with Gasteiger partial charge < -0.3 is 10.1 Å². The summed E-state index contributed by atoms with van der Waals surface area (Å²) in [6.07, 6.45) is 2.08. The first-order chi connectivity index (χ1) is 9.74. The molecule has 120 valence electrons. The summed E-state index contributed by atoms with van der Waals surface area (Å²) in [5.74, 6) is 0.795. The van der Waals surface area contributed by atoms with Gasteiger partial charge in [-0.05, 0) is 73.4 Å². The molecule has 4 heteroatoms. The van der Waals surface area contributed by atoms with Crippen molar-refractivity contribution in [3.63, 3.8) is 0 Å². The van der Waals surface area contributed by atoms with Crippen molar-refractivity contribution < 1.29 is 4.74 Å². The van der Waals surface area contributed by atoms with Gasteiger partial charge in [-0.3, -0.25) is 0 Å². The van der Waals surface area contributed by atoms with Crippen molar-refractivity contribution in [3.05, 3.63) is 22.8 Å². The van der Waals surface area contributed by atoms with Gasteiger partial charge in [0.25, 0.3) is 0 Å². The third kappa shape index (κ3) is 6.10. The van der Waals surface area contributed by atoms with Crippen molar-refractivity contribution in [2.45, 2.75) is 73.0 Å². The molecule has 0 spiro atoms. The van der Waals surface area contributed by atoms with Crippen LogP contribution >= 0.6 is 0 Å². The van der Waals surface area contributed by atoms with Crippen LogP contribution < -0.4 is 5.32 Å². The molecule has 1 heterocycles. The molecule has 0 saturated carbocycles. The molecule has 1 aromatic heterocycles. The highest BCUT2D eigenvalue weighted by Gasteiger charge is 2.14. The molecule has 0 amide bonds. The maximum atomic E-state index is 5.58. The topological polar surface area (TPSA) is 47.0 Å². The van der Waals surface area contributed by atoms with E-state index in [0.29, 0.717) is 6.61 Å². The van der Waals surface area contributed by atoms with Gasteiger partial charge in [0.1, 0.15) is 6.10 Å². The zero-order valence-corrected chi connectivity index (χ0v) is 14.7. The summed E-state index contributed by atoms with van der Waals surface area (Å²) >= 11 is 0. The highest BCUT2D eigenvalue weighted by molar-refractivity contribution is 5.25. The van der Waals surface area contributed by atoms with Gasteiger partial charge in [-0.15, -0.1) is 0 Å². The fraction of sp³-hybridized carbons (Fsp3) is 0.765. The minimum atomic E-state index is -0.0380. The van der Waals surface area contributed by atoms with Gasteiger partial charge in [-0.2, -0.15) is 0 Å². The first-order valence-corrected chi connectivity index (χ1v) is 7.95. The summed E-state index contributed by atoms with van der Waals surface area (Å²) in [5.41, 5.74) is 3.62. The van der Waals surface area contributed by atoms with Gasteiger partial charge in [0.05, 0.1) is 0 Å². The number of nitrogens with one attached hydrogen (secondary N) is 1. The fourth-order valence-corrected chi connectivity index (χ4v) is 2.36. The Balaban J connectivity index is 2.67. The number of hydrogen-bond acceptors (Lipinski definition) is 4. The molecule has 0 bridgehead atoms. The molecule has 0 aliphatic heterocycles. The third-order valence-corrected chi connectivity index (χ3v) is 3.48. The zero-order valence-electron chi connectivity index (χ0n) is 14.7. The van der Waals surface area contributed by atoms with Crippen molar-refractivity contribution in [1.82, 2.24) is 15.3 Å². The van der Waals surface area contributed by atoms with Crippen molar-refractivity contribution in [3.8, 4) is 0 Å². The number of nitrogens with zero attached hydrogens (tertiary/aromatic N) is 2. The largest absolute Gasteiger partial charge is 0.371 e. The van der Waals surface area contributed by atoms with Crippen molar-refractivity contribution in [2.75, 3.05) is 13.2 Å². The molecule has 21 heavy (non-hydrogen) atoms. The second-order valence-corrected chi connectivity index (χ2v) is 6.61. The summed E-state index contributed by atoms with van der Waals surface area (Å²) in [7, 11) is 0. The second kappa shape index (κ2) is 7.85. The normalized spacial score (nSPS) is 13.5. The van der Waals surface area contributed by atoms with Crippen LogP contribution in [0.15, 0.2) is 0 Å². The van der Waals surface area contributed by atoms with E-state index in [1.54, 1.807) is 0 Å². The van der Waals surface area contributed by atoms with E-state index in [-0.39, 0.29) is 11.6 Å². The van der Waals surface area contributed by atoms with E-state index in [0.717, 1.165) is 36.6 Å². The number of ether oxygens (including phenoxy) is 1. The molecule has 0 aliphatic carbocycles. The third-order valence-electron chi connectivity index (χ3n) is 3.48. The molecule has 1 aromatic rings. The lowest BCUT2D eigenvalue weighted by Gasteiger charge is -2.20. The smallest absolute Gasteiger partial charge is 0.157 e. The number of hydrogen-bond donors (Lipinski definition) is 1. The molecule has 0 saturated heterocycles. The van der Waals surface area contributed by atoms with Crippen LogP contribution in [-0.2, 0) is 11.2 Å². The monoisotopic (exact) mass is 293 g/mol. The van der Waals surface area contributed by atoms with Crippen molar-refractivity contribution >= 4 is 0 Å². The van der Waals surface area contributed by atoms with Crippen molar-refractivity contribution in [2.24, 2.45) is 0 Å². The molecular formula is C17H31N3O. The maximum absolute atomic E-state index is 5.58. The minimum Gasteiger partial charge on any atom is -0.371 e. The van der Waals surface area contributed by atoms with Crippen LogP contribution in [0.1, 0.15) is 69.9 Å². The Labute approximate surface area is 129 Å². The SMILES string of the molecule is CCOC(C)c1nc(C)c(CCCNC(C)(C)C)c(C)n1. The predicted molar refractivity (Wildman–Crippen MR) is 87.6 cm³/mol. The lowest BCUT2D eigenvalue weighted by molar-refractivity contribution is 0.0697. The predicted octanol–water partition coefficient (Wildman–Crippen LogP) is 3.51. The van der Waals surface area contributed by atoms with E-state index >= 15 is 0 Å². The highest BCUT2D eigenvalue weighted by atomic mass is 16.5. The Kier molecular flexibility index (Phi) is 6.75. The summed E-state index contributed by atoms with van der Waals surface area (Å²) in [5, 5.41) is 3.52. The van der Waals surface area contributed by atoms with Crippen LogP contribution in [0.3, 0.4) is 0 Å². The van der Waals surface area contributed by atoms with E-state index < -0.39 is 0 Å². The average Bonchev–Trinajstić information content (AvgIpc) is 2.35. The number of rotatable bonds is 7. The summed E-state index contributed by atoms with van der Waals surface area (Å²) in [6, 6.07) is 0. The van der Waals surface area contributed by atoms with Crippen LogP contribution in [0.25, 0.3) is 0 Å². The molecule has 1 N–H and O–H groups in total. The molecule has 0 aliphatic rings. The quantitative estimate of drug-likeness (QED) is 0.782. The maximum Gasteiger partial charge on any atom is 0.157 e. The Morgan fingerprint density at radius 2 is 1.71 bits per heavy atom. The van der Waals surface area contributed by atoms with Gasteiger partial charge in [0.15, 0.2) is 5.82 Å². The summed E-state index contributed by atoms with van der Waals surface area (Å²) < 4.78 is 5.58. The van der Waals surface area contributed by atoms with Crippen LogP contribution in [0, 0.1) is 13.8 Å². The molecule has 4 nitrogen and oxygen atoms in total. The Hall–Kier alpha value is -1.00. The molecule has 1 unspecified atom stereocenters. The first-order valence-electron chi connectivity index (χ1n) is 7.95. The van der Waals surface area contributed by atoms with Crippen LogP contribution in [-0.4, -0.2) is 28.7 Å². The van der Waals surface area contributed by atoms with E-state index in [9.17, 15) is 0 Å². The fourth-order valence-electron chi connectivity index (χ4n) is 2.36. The van der Waals surface area contributed by atoms with Gasteiger partial charge in [0, 0.05) is 23.5 Å². The van der Waals surface area contributed by atoms with E-state index in [4.69, 9.17) is 4.74 Å². The Morgan fingerprint density at radius 1 is 1.14 bits per heavy atom. The number of aromatic nitrogens is 2. The van der Waals surface area contributed by atoms with Gasteiger partial charge in [-0.1, -0.05) is 0 Å². The first kappa shape index (κ1) is 18.1. The molecule has 0 radical (unpaired) electrons. The minimum absolute atomic E-state index is 0.0380. The van der Waals surface area contributed by atoms with Crippen LogP contribution in [0.5, 0.6) is 0 Å². The van der Waals surface area contributed by atoms with Crippen LogP contribution in [0.4, 0.5) is 0 Å². The molecule has 1 rings (SSSR count). The zero-order chi connectivity index (χ0) is 16.0. The van der Waals surface area contributed by atoms with Gasteiger partial charge >= 0.3 is 0 Å². The Bertz CT molecular complexity index is 429. The molecule has 0 aromatic carbocycles. The molecule has 0 fully saturated rings. The molecule has 1 atom stereocenters. The lowest BCUT2D eigenvalue weighted by atomic mass is 10.0. The van der Waals surface area contributed by atoms with Crippen LogP contribution in [0.2, 0.25) is 0 Å². The Morgan fingerprint density at radius 3 is 2.19 bits per heavy atom. The number of aryl methyl sites for hydroxylation is 2.